The Hall–Kier alpha value is -1.37. The molecule has 0 radical (unpaired) electrons. The van der Waals surface area contributed by atoms with Crippen LogP contribution >= 0.6 is 24.8 Å². The van der Waals surface area contributed by atoms with Crippen LogP contribution in [-0.4, -0.2) is 33.3 Å². The molecule has 3 rings (SSSR count). The van der Waals surface area contributed by atoms with Gasteiger partial charge in [-0.3, -0.25) is 4.79 Å². The predicted molar refractivity (Wildman–Crippen MR) is 114 cm³/mol. The summed E-state index contributed by atoms with van der Waals surface area (Å²) in [5.41, 5.74) is 8.94. The van der Waals surface area contributed by atoms with Gasteiger partial charge in [0.1, 0.15) is 0 Å². The lowest BCUT2D eigenvalue weighted by Crippen LogP contribution is -2.29. The molecule has 6 nitrogen and oxygen atoms in total. The lowest BCUT2D eigenvalue weighted by Gasteiger charge is -2.20. The van der Waals surface area contributed by atoms with E-state index in [1.165, 1.54) is 0 Å². The molecule has 152 valence electrons. The number of hydrogen-bond donors (Lipinski definition) is 2. The Morgan fingerprint density at radius 1 is 1.37 bits per heavy atom. The maximum absolute atomic E-state index is 12.8. The Morgan fingerprint density at radius 3 is 2.52 bits per heavy atom. The number of aromatic nitrogens is 3. The number of amides is 1. The van der Waals surface area contributed by atoms with Gasteiger partial charge in [0.05, 0.1) is 22.2 Å². The summed E-state index contributed by atoms with van der Waals surface area (Å²) < 4.78 is 1.95. The summed E-state index contributed by atoms with van der Waals surface area (Å²) in [6, 6.07) is 2.04. The highest BCUT2D eigenvalue weighted by Crippen LogP contribution is 2.40. The molecule has 0 aliphatic heterocycles. The average molecular weight is 416 g/mol. The molecule has 0 aromatic carbocycles. The lowest BCUT2D eigenvalue weighted by molar-refractivity contribution is 0.0954. The van der Waals surface area contributed by atoms with Crippen molar-refractivity contribution in [2.45, 2.75) is 71.4 Å². The van der Waals surface area contributed by atoms with Gasteiger partial charge in [-0.25, -0.2) is 9.67 Å². The van der Waals surface area contributed by atoms with Gasteiger partial charge < -0.3 is 11.1 Å². The summed E-state index contributed by atoms with van der Waals surface area (Å²) in [5.74, 6) is 0.412. The fraction of sp³-hybridized carbons (Fsp3) is 0.632. The molecule has 2 aromatic rings. The Morgan fingerprint density at radius 2 is 2.00 bits per heavy atom. The van der Waals surface area contributed by atoms with Crippen LogP contribution in [-0.2, 0) is 5.54 Å². The number of nitrogens with zero attached hydrogens (tertiary/aromatic N) is 3. The minimum Gasteiger partial charge on any atom is -0.352 e. The number of pyridine rings is 1. The summed E-state index contributed by atoms with van der Waals surface area (Å²) in [6.07, 6.45) is 3.05. The molecule has 1 aliphatic rings. The zero-order valence-electron chi connectivity index (χ0n) is 16.7. The first-order valence-corrected chi connectivity index (χ1v) is 9.13. The van der Waals surface area contributed by atoms with Gasteiger partial charge in [-0.15, -0.1) is 24.8 Å². The fourth-order valence-corrected chi connectivity index (χ4v) is 3.05. The number of halogens is 2. The van der Waals surface area contributed by atoms with Crippen molar-refractivity contribution in [2.75, 3.05) is 6.54 Å². The normalized spacial score (nSPS) is 15.0. The largest absolute Gasteiger partial charge is 0.352 e. The number of aryl methyl sites for hydroxylation is 1. The molecule has 0 saturated heterocycles. The van der Waals surface area contributed by atoms with E-state index in [9.17, 15) is 4.79 Å². The van der Waals surface area contributed by atoms with E-state index < -0.39 is 0 Å². The second-order valence-electron chi connectivity index (χ2n) is 8.26. The topological polar surface area (TPSA) is 85.8 Å². The molecule has 1 amide bonds. The van der Waals surface area contributed by atoms with Crippen LogP contribution in [0.3, 0.4) is 0 Å². The third-order valence-corrected chi connectivity index (χ3v) is 4.59. The predicted octanol–water partition coefficient (Wildman–Crippen LogP) is 3.68. The van der Waals surface area contributed by atoms with Crippen molar-refractivity contribution in [3.63, 3.8) is 0 Å². The van der Waals surface area contributed by atoms with E-state index in [1.807, 2.05) is 24.6 Å². The monoisotopic (exact) mass is 415 g/mol. The van der Waals surface area contributed by atoms with Crippen molar-refractivity contribution >= 4 is 41.8 Å². The second-order valence-corrected chi connectivity index (χ2v) is 8.26. The number of hydrogen-bond acceptors (Lipinski definition) is 4. The van der Waals surface area contributed by atoms with Gasteiger partial charge in [0.2, 0.25) is 0 Å². The molecule has 27 heavy (non-hydrogen) atoms. The maximum Gasteiger partial charge on any atom is 0.252 e. The summed E-state index contributed by atoms with van der Waals surface area (Å²) in [7, 11) is 0. The standard InChI is InChI=1S/C19H29N5O.2ClH/c1-11(20)8-9-21-18(25)14-10-15(13-6-7-13)22-17-16(14)12(2)23-24(17)19(3,4)5;;/h10-11,13H,6-9,20H2,1-5H3,(H,21,25);2*1H. The van der Waals surface area contributed by atoms with Crippen molar-refractivity contribution in [3.05, 3.63) is 23.0 Å². The minimum atomic E-state index is -0.190. The highest BCUT2D eigenvalue weighted by Gasteiger charge is 2.30. The van der Waals surface area contributed by atoms with Crippen LogP contribution in [0.2, 0.25) is 0 Å². The number of nitrogens with two attached hydrogens (primary N) is 1. The Kier molecular flexibility index (Phi) is 7.68. The van der Waals surface area contributed by atoms with E-state index in [2.05, 4.69) is 31.2 Å². The number of rotatable bonds is 5. The van der Waals surface area contributed by atoms with Gasteiger partial charge in [-0.1, -0.05) is 0 Å². The number of fused-ring (bicyclic) bond motifs is 1. The first-order valence-electron chi connectivity index (χ1n) is 9.13. The van der Waals surface area contributed by atoms with E-state index in [4.69, 9.17) is 10.7 Å². The zero-order chi connectivity index (χ0) is 18.4. The van der Waals surface area contributed by atoms with E-state index in [0.717, 1.165) is 41.7 Å². The minimum absolute atomic E-state index is 0. The molecule has 1 unspecified atom stereocenters. The third-order valence-electron chi connectivity index (χ3n) is 4.59. The van der Waals surface area contributed by atoms with Crippen LogP contribution in [0.15, 0.2) is 6.07 Å². The number of nitrogens with one attached hydrogen (secondary N) is 1. The summed E-state index contributed by atoms with van der Waals surface area (Å²) >= 11 is 0. The van der Waals surface area contributed by atoms with E-state index >= 15 is 0 Å². The molecule has 0 spiro atoms. The van der Waals surface area contributed by atoms with Crippen molar-refractivity contribution in [3.8, 4) is 0 Å². The quantitative estimate of drug-likeness (QED) is 0.779. The molecular formula is C19H31Cl2N5O. The van der Waals surface area contributed by atoms with Crippen molar-refractivity contribution in [2.24, 2.45) is 5.73 Å². The van der Waals surface area contributed by atoms with Gasteiger partial charge in [0.15, 0.2) is 5.65 Å². The fourth-order valence-electron chi connectivity index (χ4n) is 3.05. The van der Waals surface area contributed by atoms with Gasteiger partial charge in [-0.05, 0) is 59.9 Å². The van der Waals surface area contributed by atoms with Crippen molar-refractivity contribution in [1.29, 1.82) is 0 Å². The van der Waals surface area contributed by atoms with Crippen LogP contribution in [0.1, 0.15) is 74.6 Å². The van der Waals surface area contributed by atoms with Crippen LogP contribution in [0.25, 0.3) is 11.0 Å². The molecule has 1 fully saturated rings. The van der Waals surface area contributed by atoms with Gasteiger partial charge >= 0.3 is 0 Å². The zero-order valence-corrected chi connectivity index (χ0v) is 18.3. The highest BCUT2D eigenvalue weighted by atomic mass is 35.5. The molecule has 0 bridgehead atoms. The van der Waals surface area contributed by atoms with Crippen molar-refractivity contribution in [1.82, 2.24) is 20.1 Å². The number of carbonyl (C=O) groups is 1. The average Bonchev–Trinajstić information content (AvgIpc) is 3.29. The first-order chi connectivity index (χ1) is 11.7. The Balaban J connectivity index is 0.00000182. The Bertz CT molecular complexity index is 807. The number of carbonyl (C=O) groups excluding carboxylic acids is 1. The van der Waals surface area contributed by atoms with E-state index in [-0.39, 0.29) is 42.3 Å². The molecule has 2 aromatic heterocycles. The molecule has 2 heterocycles. The molecule has 3 N–H and O–H groups in total. The molecular weight excluding hydrogens is 385 g/mol. The summed E-state index contributed by atoms with van der Waals surface area (Å²) in [5, 5.41) is 8.55. The van der Waals surface area contributed by atoms with Crippen LogP contribution < -0.4 is 11.1 Å². The van der Waals surface area contributed by atoms with Crippen molar-refractivity contribution < 1.29 is 4.79 Å². The summed E-state index contributed by atoms with van der Waals surface area (Å²) in [4.78, 5) is 17.7. The molecule has 1 aliphatic carbocycles. The maximum atomic E-state index is 12.8. The first kappa shape index (κ1) is 23.7. The SMILES string of the molecule is Cc1nn(C(C)(C)C)c2nc(C3CC3)cc(C(=O)NCCC(C)N)c12.Cl.Cl. The molecule has 8 heteroatoms. The molecule has 1 atom stereocenters. The van der Waals surface area contributed by atoms with Crippen LogP contribution in [0.5, 0.6) is 0 Å². The van der Waals surface area contributed by atoms with Gasteiger partial charge in [-0.2, -0.15) is 5.10 Å². The second kappa shape index (κ2) is 8.76. The highest BCUT2D eigenvalue weighted by molar-refractivity contribution is 6.06. The summed E-state index contributed by atoms with van der Waals surface area (Å²) in [6.45, 7) is 10.8. The smallest absolute Gasteiger partial charge is 0.252 e. The Labute approximate surface area is 173 Å². The van der Waals surface area contributed by atoms with E-state index in [1.54, 1.807) is 0 Å². The van der Waals surface area contributed by atoms with Crippen LogP contribution in [0, 0.1) is 6.92 Å². The van der Waals surface area contributed by atoms with Gasteiger partial charge in [0, 0.05) is 24.2 Å². The van der Waals surface area contributed by atoms with Crippen LogP contribution in [0.4, 0.5) is 0 Å². The third kappa shape index (κ3) is 5.12. The lowest BCUT2D eigenvalue weighted by atomic mass is 10.1. The van der Waals surface area contributed by atoms with E-state index in [0.29, 0.717) is 18.0 Å². The molecule has 1 saturated carbocycles. The van der Waals surface area contributed by atoms with Gasteiger partial charge in [0.25, 0.3) is 5.91 Å².